The van der Waals surface area contributed by atoms with Gasteiger partial charge in [-0.15, -0.1) is 0 Å². The molecule has 0 amide bonds. The average Bonchev–Trinajstić information content (AvgIpc) is 2.50. The van der Waals surface area contributed by atoms with Gasteiger partial charge in [0.05, 0.1) is 12.4 Å². The Morgan fingerprint density at radius 1 is 1.62 bits per heavy atom. The summed E-state index contributed by atoms with van der Waals surface area (Å²) in [7, 11) is 0. The second-order valence-electron chi connectivity index (χ2n) is 4.03. The zero-order valence-electron chi connectivity index (χ0n) is 8.37. The fraction of sp³-hybridized carbons (Fsp3) is 0.600. The molecule has 1 aromatic rings. The monoisotopic (exact) mass is 183 g/mol. The number of hydrogen-bond acceptors (Lipinski definition) is 3. The van der Waals surface area contributed by atoms with Crippen molar-refractivity contribution >= 4 is 0 Å². The van der Waals surface area contributed by atoms with Crippen LogP contribution in [0.25, 0.3) is 0 Å². The Labute approximate surface area is 78.5 Å². The summed E-state index contributed by atoms with van der Waals surface area (Å²) < 4.78 is 5.12. The van der Waals surface area contributed by atoms with Gasteiger partial charge in [0.2, 0.25) is 0 Å². The number of nitrogens with two attached hydrogens (primary N) is 1. The van der Waals surface area contributed by atoms with Gasteiger partial charge in [0.1, 0.15) is 5.76 Å². The van der Waals surface area contributed by atoms with Crippen LogP contribution in [-0.4, -0.2) is 11.7 Å². The summed E-state index contributed by atoms with van der Waals surface area (Å²) >= 11 is 0. The maximum absolute atomic E-state index is 9.98. The van der Waals surface area contributed by atoms with Gasteiger partial charge in [-0.2, -0.15) is 0 Å². The van der Waals surface area contributed by atoms with Crippen molar-refractivity contribution in [3.8, 4) is 0 Å². The molecule has 3 nitrogen and oxygen atoms in total. The average molecular weight is 183 g/mol. The van der Waals surface area contributed by atoms with E-state index in [1.807, 2.05) is 20.8 Å². The third-order valence-corrected chi connectivity index (χ3v) is 2.46. The standard InChI is InChI=1S/C10H17NO2/c1-7-8(4-5-13-7)9(12)10(2,3)6-11/h4-5,9,12H,6,11H2,1-3H3. The molecule has 0 bridgehead atoms. The third-order valence-electron chi connectivity index (χ3n) is 2.46. The molecule has 0 saturated heterocycles. The minimum absolute atomic E-state index is 0.311. The second kappa shape index (κ2) is 3.52. The van der Waals surface area contributed by atoms with Gasteiger partial charge in [-0.25, -0.2) is 0 Å². The molecule has 0 saturated carbocycles. The summed E-state index contributed by atoms with van der Waals surface area (Å²) in [6.45, 7) is 6.15. The molecule has 0 radical (unpaired) electrons. The molecule has 0 aliphatic carbocycles. The van der Waals surface area contributed by atoms with Crippen LogP contribution in [0.4, 0.5) is 0 Å². The highest BCUT2D eigenvalue weighted by molar-refractivity contribution is 5.20. The first-order valence-electron chi connectivity index (χ1n) is 4.41. The molecular formula is C10H17NO2. The Morgan fingerprint density at radius 2 is 2.23 bits per heavy atom. The summed E-state index contributed by atoms with van der Waals surface area (Å²) in [6, 6.07) is 1.79. The summed E-state index contributed by atoms with van der Waals surface area (Å²) in [5.74, 6) is 0.758. The fourth-order valence-corrected chi connectivity index (χ4v) is 1.21. The summed E-state index contributed by atoms with van der Waals surface area (Å²) in [5, 5.41) is 9.98. The van der Waals surface area contributed by atoms with E-state index < -0.39 is 6.10 Å². The van der Waals surface area contributed by atoms with Crippen LogP contribution in [0.3, 0.4) is 0 Å². The SMILES string of the molecule is Cc1occc1C(O)C(C)(C)CN. The van der Waals surface area contributed by atoms with E-state index in [4.69, 9.17) is 10.2 Å². The first-order valence-corrected chi connectivity index (χ1v) is 4.41. The molecule has 1 atom stereocenters. The fourth-order valence-electron chi connectivity index (χ4n) is 1.21. The van der Waals surface area contributed by atoms with E-state index in [1.165, 1.54) is 0 Å². The lowest BCUT2D eigenvalue weighted by Crippen LogP contribution is -2.30. The number of rotatable bonds is 3. The van der Waals surface area contributed by atoms with Crippen LogP contribution in [0.5, 0.6) is 0 Å². The summed E-state index contributed by atoms with van der Waals surface area (Å²) in [5.41, 5.74) is 6.09. The zero-order valence-corrected chi connectivity index (χ0v) is 8.37. The van der Waals surface area contributed by atoms with E-state index in [1.54, 1.807) is 12.3 Å². The van der Waals surface area contributed by atoms with E-state index in [9.17, 15) is 5.11 Å². The smallest absolute Gasteiger partial charge is 0.106 e. The largest absolute Gasteiger partial charge is 0.469 e. The molecule has 1 heterocycles. The van der Waals surface area contributed by atoms with E-state index in [0.29, 0.717) is 6.54 Å². The first kappa shape index (κ1) is 10.3. The van der Waals surface area contributed by atoms with Gasteiger partial charge in [-0.05, 0) is 13.0 Å². The van der Waals surface area contributed by atoms with E-state index in [0.717, 1.165) is 11.3 Å². The van der Waals surface area contributed by atoms with Crippen molar-refractivity contribution in [2.75, 3.05) is 6.54 Å². The second-order valence-corrected chi connectivity index (χ2v) is 4.03. The molecule has 13 heavy (non-hydrogen) atoms. The first-order chi connectivity index (χ1) is 5.99. The third kappa shape index (κ3) is 1.92. The Balaban J connectivity index is 2.91. The van der Waals surface area contributed by atoms with Crippen LogP contribution in [0.1, 0.15) is 31.3 Å². The molecule has 74 valence electrons. The van der Waals surface area contributed by atoms with E-state index in [2.05, 4.69) is 0 Å². The quantitative estimate of drug-likeness (QED) is 0.748. The maximum Gasteiger partial charge on any atom is 0.106 e. The van der Waals surface area contributed by atoms with Crippen LogP contribution in [-0.2, 0) is 0 Å². The highest BCUT2D eigenvalue weighted by Gasteiger charge is 2.29. The van der Waals surface area contributed by atoms with E-state index >= 15 is 0 Å². The van der Waals surface area contributed by atoms with Crippen molar-refractivity contribution in [2.24, 2.45) is 11.1 Å². The van der Waals surface area contributed by atoms with Crippen molar-refractivity contribution in [1.82, 2.24) is 0 Å². The maximum atomic E-state index is 9.98. The lowest BCUT2D eigenvalue weighted by Gasteiger charge is -2.28. The van der Waals surface area contributed by atoms with Gasteiger partial charge >= 0.3 is 0 Å². The Bertz CT molecular complexity index is 278. The topological polar surface area (TPSA) is 59.4 Å². The lowest BCUT2D eigenvalue weighted by molar-refractivity contribution is 0.0543. The van der Waals surface area contributed by atoms with Crippen LogP contribution < -0.4 is 5.73 Å². The van der Waals surface area contributed by atoms with Gasteiger partial charge in [0.15, 0.2) is 0 Å². The molecular weight excluding hydrogens is 166 g/mol. The van der Waals surface area contributed by atoms with Gasteiger partial charge in [-0.1, -0.05) is 13.8 Å². The van der Waals surface area contributed by atoms with Crippen molar-refractivity contribution < 1.29 is 9.52 Å². The van der Waals surface area contributed by atoms with E-state index in [-0.39, 0.29) is 5.41 Å². The van der Waals surface area contributed by atoms with Gasteiger partial charge in [0.25, 0.3) is 0 Å². The van der Waals surface area contributed by atoms with Crippen molar-refractivity contribution in [3.63, 3.8) is 0 Å². The number of aliphatic hydroxyl groups excluding tert-OH is 1. The summed E-state index contributed by atoms with van der Waals surface area (Å²) in [6.07, 6.45) is 1.02. The number of hydrogen-bond donors (Lipinski definition) is 2. The minimum Gasteiger partial charge on any atom is -0.469 e. The van der Waals surface area contributed by atoms with Crippen molar-refractivity contribution in [3.05, 3.63) is 23.7 Å². The lowest BCUT2D eigenvalue weighted by atomic mass is 9.83. The minimum atomic E-state index is -0.559. The highest BCUT2D eigenvalue weighted by atomic mass is 16.3. The summed E-state index contributed by atoms with van der Waals surface area (Å²) in [4.78, 5) is 0. The van der Waals surface area contributed by atoms with Crippen molar-refractivity contribution in [2.45, 2.75) is 26.9 Å². The van der Waals surface area contributed by atoms with Crippen LogP contribution in [0.15, 0.2) is 16.7 Å². The molecule has 0 aromatic carbocycles. The number of aliphatic hydroxyl groups is 1. The zero-order chi connectivity index (χ0) is 10.1. The molecule has 0 spiro atoms. The van der Waals surface area contributed by atoms with Crippen LogP contribution >= 0.6 is 0 Å². The number of aryl methyl sites for hydroxylation is 1. The van der Waals surface area contributed by atoms with Gasteiger partial charge in [0, 0.05) is 17.5 Å². The van der Waals surface area contributed by atoms with Crippen molar-refractivity contribution in [1.29, 1.82) is 0 Å². The van der Waals surface area contributed by atoms with Crippen LogP contribution in [0.2, 0.25) is 0 Å². The number of furan rings is 1. The predicted molar refractivity (Wildman–Crippen MR) is 51.2 cm³/mol. The molecule has 1 unspecified atom stereocenters. The van der Waals surface area contributed by atoms with Crippen LogP contribution in [0, 0.1) is 12.3 Å². The molecule has 3 heteroatoms. The van der Waals surface area contributed by atoms with Gasteiger partial charge in [-0.3, -0.25) is 0 Å². The molecule has 1 rings (SSSR count). The normalized spacial score (nSPS) is 14.5. The Morgan fingerprint density at radius 3 is 2.62 bits per heavy atom. The van der Waals surface area contributed by atoms with Gasteiger partial charge < -0.3 is 15.3 Å². The molecule has 0 fully saturated rings. The highest BCUT2D eigenvalue weighted by Crippen LogP contribution is 2.33. The molecule has 1 aromatic heterocycles. The molecule has 3 N–H and O–H groups in total. The predicted octanol–water partition coefficient (Wildman–Crippen LogP) is 1.61. The molecule has 0 aliphatic heterocycles. The Hall–Kier alpha value is -0.800. The molecule has 0 aliphatic rings. The Kier molecular flexibility index (Phi) is 2.78.